The molecule has 6 unspecified atom stereocenters. The Hall–Kier alpha value is -6.10. The summed E-state index contributed by atoms with van der Waals surface area (Å²) >= 11 is 0. The summed E-state index contributed by atoms with van der Waals surface area (Å²) in [5.74, 6) is -9.69. The number of imide groups is 2. The highest BCUT2D eigenvalue weighted by Crippen LogP contribution is 2.60. The zero-order valence-corrected chi connectivity index (χ0v) is 25.7. The first-order chi connectivity index (χ1) is 23.6. The second-order valence-corrected chi connectivity index (χ2v) is 13.0. The zero-order valence-electron chi connectivity index (χ0n) is 25.7. The first kappa shape index (κ1) is 30.2. The van der Waals surface area contributed by atoms with E-state index in [1.165, 1.54) is 48.5 Å². The van der Waals surface area contributed by atoms with Crippen molar-refractivity contribution in [3.05, 3.63) is 113 Å². The Kier molecular flexibility index (Phi) is 6.78. The summed E-state index contributed by atoms with van der Waals surface area (Å²) in [6.07, 6.45) is 2.10. The lowest BCUT2D eigenvalue weighted by atomic mass is 9.56. The van der Waals surface area contributed by atoms with E-state index in [1.807, 2.05) is 30.3 Å². The van der Waals surface area contributed by atoms with Gasteiger partial charge in [-0.3, -0.25) is 29.0 Å². The Morgan fingerprint density at radius 1 is 0.633 bits per heavy atom. The number of fused-ring (bicyclic) bond motifs is 5. The molecule has 6 atom stereocenters. The number of nitrogens with zero attached hydrogens (tertiary/aromatic N) is 2. The molecule has 2 saturated heterocycles. The predicted molar refractivity (Wildman–Crippen MR) is 175 cm³/mol. The maximum Gasteiger partial charge on any atom is 0.335 e. The van der Waals surface area contributed by atoms with Crippen molar-refractivity contribution in [1.82, 2.24) is 0 Å². The fraction of sp³-hybridized carbons (Fsp3) is 0.211. The standard InChI is InChI=1S/C38H28N2O9/c41-28-14-11-18-5-1-2-10-23(18)30(28)31-24-12-13-25-29(35(44)39(33(25)42)21-8-3-6-19(15-21)37(46)47)26(24)17-27-32(31)36(45)40(34(27)43)22-9-4-7-20(16-22)38(48)49/h1-12,14-16,25-27,29,31-32,41H,13,17H2,(H,46,47)(H,48,49). The van der Waals surface area contributed by atoms with Gasteiger partial charge < -0.3 is 15.3 Å². The Labute approximate surface area is 278 Å². The highest BCUT2D eigenvalue weighted by molar-refractivity contribution is 6.24. The highest BCUT2D eigenvalue weighted by atomic mass is 16.4. The summed E-state index contributed by atoms with van der Waals surface area (Å²) in [6, 6.07) is 21.8. The summed E-state index contributed by atoms with van der Waals surface area (Å²) in [7, 11) is 0. The van der Waals surface area contributed by atoms with E-state index in [9.17, 15) is 44.1 Å². The van der Waals surface area contributed by atoms with E-state index < -0.39 is 71.1 Å². The Bertz CT molecular complexity index is 2210. The van der Waals surface area contributed by atoms with E-state index >= 15 is 0 Å². The fourth-order valence-corrected chi connectivity index (χ4v) is 8.59. The lowest BCUT2D eigenvalue weighted by molar-refractivity contribution is -0.126. The largest absolute Gasteiger partial charge is 0.508 e. The Morgan fingerprint density at radius 2 is 1.22 bits per heavy atom. The van der Waals surface area contributed by atoms with Crippen LogP contribution in [0.25, 0.3) is 10.8 Å². The van der Waals surface area contributed by atoms with Crippen LogP contribution in [0, 0.1) is 29.6 Å². The first-order valence-corrected chi connectivity index (χ1v) is 15.9. The molecule has 0 spiro atoms. The van der Waals surface area contributed by atoms with Gasteiger partial charge in [-0.15, -0.1) is 0 Å². The predicted octanol–water partition coefficient (Wildman–Crippen LogP) is 4.99. The fourth-order valence-electron chi connectivity index (χ4n) is 8.59. The van der Waals surface area contributed by atoms with Crippen LogP contribution in [-0.2, 0) is 19.2 Å². The van der Waals surface area contributed by atoms with E-state index in [1.54, 1.807) is 12.1 Å². The van der Waals surface area contributed by atoms with Gasteiger partial charge in [0.1, 0.15) is 5.75 Å². The number of hydrogen-bond donors (Lipinski definition) is 3. The van der Waals surface area contributed by atoms with Gasteiger partial charge in [0.15, 0.2) is 0 Å². The van der Waals surface area contributed by atoms with Gasteiger partial charge in [-0.2, -0.15) is 0 Å². The summed E-state index contributed by atoms with van der Waals surface area (Å²) in [6.45, 7) is 0. The first-order valence-electron chi connectivity index (χ1n) is 15.9. The number of rotatable bonds is 5. The molecule has 4 aromatic carbocycles. The molecule has 3 N–H and O–H groups in total. The third-order valence-electron chi connectivity index (χ3n) is 10.6. The average molecular weight is 657 g/mol. The lowest BCUT2D eigenvalue weighted by Gasteiger charge is -2.44. The van der Waals surface area contributed by atoms with Crippen molar-refractivity contribution < 1.29 is 44.1 Å². The molecule has 2 aliphatic carbocycles. The molecular weight excluding hydrogens is 628 g/mol. The van der Waals surface area contributed by atoms with Gasteiger partial charge in [0.2, 0.25) is 23.6 Å². The van der Waals surface area contributed by atoms with E-state index in [0.29, 0.717) is 16.5 Å². The molecule has 244 valence electrons. The van der Waals surface area contributed by atoms with E-state index in [0.717, 1.165) is 15.2 Å². The lowest BCUT2D eigenvalue weighted by Crippen LogP contribution is -2.43. The molecule has 4 aliphatic rings. The molecule has 2 aliphatic heterocycles. The van der Waals surface area contributed by atoms with Gasteiger partial charge in [0.25, 0.3) is 0 Å². The summed E-state index contributed by atoms with van der Waals surface area (Å²) in [5.41, 5.74) is 1.18. The summed E-state index contributed by atoms with van der Waals surface area (Å²) in [4.78, 5) is 82.5. The van der Waals surface area contributed by atoms with Crippen LogP contribution in [0.5, 0.6) is 5.75 Å². The van der Waals surface area contributed by atoms with Gasteiger partial charge in [-0.25, -0.2) is 9.59 Å². The molecular formula is C38H28N2O9. The Morgan fingerprint density at radius 3 is 1.86 bits per heavy atom. The number of carbonyl (C=O) groups excluding carboxylic acids is 4. The van der Waals surface area contributed by atoms with E-state index in [-0.39, 0.29) is 41.1 Å². The third-order valence-corrected chi connectivity index (χ3v) is 10.6. The molecule has 0 radical (unpaired) electrons. The molecule has 2 heterocycles. The summed E-state index contributed by atoms with van der Waals surface area (Å²) < 4.78 is 0. The van der Waals surface area contributed by atoms with Crippen LogP contribution in [-0.4, -0.2) is 50.9 Å². The maximum absolute atomic E-state index is 14.5. The molecule has 49 heavy (non-hydrogen) atoms. The quantitative estimate of drug-likeness (QED) is 0.198. The number of carboxylic acid groups (broad SMARTS) is 2. The van der Waals surface area contributed by atoms with Crippen LogP contribution in [0.3, 0.4) is 0 Å². The average Bonchev–Trinajstić information content (AvgIpc) is 3.51. The topological polar surface area (TPSA) is 170 Å². The number of carboxylic acids is 2. The number of anilines is 2. The maximum atomic E-state index is 14.5. The van der Waals surface area contributed by atoms with E-state index in [4.69, 9.17) is 0 Å². The number of benzene rings is 4. The highest BCUT2D eigenvalue weighted by Gasteiger charge is 2.62. The number of hydrogen-bond acceptors (Lipinski definition) is 7. The van der Waals surface area contributed by atoms with Crippen molar-refractivity contribution in [1.29, 1.82) is 0 Å². The second-order valence-electron chi connectivity index (χ2n) is 13.0. The number of carbonyl (C=O) groups is 6. The number of phenols is 1. The van der Waals surface area contributed by atoms with Gasteiger partial charge in [0.05, 0.1) is 46.2 Å². The Balaban J connectivity index is 1.28. The molecule has 4 amide bonds. The van der Waals surface area contributed by atoms with Gasteiger partial charge >= 0.3 is 11.9 Å². The number of phenolic OH excluding ortho intramolecular Hbond substituents is 1. The molecule has 11 nitrogen and oxygen atoms in total. The molecule has 0 aromatic heterocycles. The normalized spacial score (nSPS) is 26.0. The van der Waals surface area contributed by atoms with E-state index in [2.05, 4.69) is 0 Å². The smallest absolute Gasteiger partial charge is 0.335 e. The molecule has 11 heteroatoms. The minimum absolute atomic E-state index is 0.0708. The van der Waals surface area contributed by atoms with Crippen LogP contribution in [0.4, 0.5) is 11.4 Å². The van der Waals surface area contributed by atoms with Gasteiger partial charge in [0, 0.05) is 11.5 Å². The van der Waals surface area contributed by atoms with Crippen molar-refractivity contribution in [3.63, 3.8) is 0 Å². The molecule has 1 saturated carbocycles. The second kappa shape index (κ2) is 11.0. The van der Waals surface area contributed by atoms with Crippen LogP contribution < -0.4 is 9.80 Å². The van der Waals surface area contributed by atoms with Crippen molar-refractivity contribution in [2.24, 2.45) is 29.6 Å². The zero-order chi connectivity index (χ0) is 34.3. The van der Waals surface area contributed by atoms with Crippen molar-refractivity contribution in [3.8, 4) is 5.75 Å². The van der Waals surface area contributed by atoms with Crippen molar-refractivity contribution >= 4 is 57.7 Å². The monoisotopic (exact) mass is 656 g/mol. The minimum atomic E-state index is -1.22. The van der Waals surface area contributed by atoms with Crippen molar-refractivity contribution in [2.45, 2.75) is 18.8 Å². The minimum Gasteiger partial charge on any atom is -0.508 e. The molecule has 4 aromatic rings. The number of aromatic hydroxyl groups is 1. The third kappa shape index (κ3) is 4.42. The number of amides is 4. The number of allylic oxidation sites excluding steroid dienone is 2. The van der Waals surface area contributed by atoms with Gasteiger partial charge in [-0.05, 0) is 72.0 Å². The summed E-state index contributed by atoms with van der Waals surface area (Å²) in [5, 5.41) is 32.1. The van der Waals surface area contributed by atoms with Crippen LogP contribution in [0.1, 0.15) is 45.0 Å². The van der Waals surface area contributed by atoms with Crippen LogP contribution in [0.15, 0.2) is 96.6 Å². The molecule has 3 fully saturated rings. The number of aromatic carboxylic acids is 2. The van der Waals surface area contributed by atoms with Crippen molar-refractivity contribution in [2.75, 3.05) is 9.80 Å². The molecule has 0 bridgehead atoms. The van der Waals surface area contributed by atoms with Crippen LogP contribution in [0.2, 0.25) is 0 Å². The van der Waals surface area contributed by atoms with Crippen LogP contribution >= 0.6 is 0 Å². The molecule has 8 rings (SSSR count). The SMILES string of the molecule is O=C(O)c1cccc(N2C(=O)C3CC=C4C(CC5C(=O)N(c6cccc(C(=O)O)c6)C(=O)C5C4c4c(O)ccc5ccccc45)C3C2=O)c1. The van der Waals surface area contributed by atoms with Gasteiger partial charge in [-0.1, -0.05) is 54.1 Å².